The molecule has 2 aliphatic rings. The third kappa shape index (κ3) is 3.69. The van der Waals surface area contributed by atoms with Crippen LogP contribution in [-0.4, -0.2) is 46.7 Å². The maximum Gasteiger partial charge on any atom is 0.227 e. The predicted octanol–water partition coefficient (Wildman–Crippen LogP) is 2.01. The summed E-state index contributed by atoms with van der Waals surface area (Å²) >= 11 is 0. The molecular weight excluding hydrogens is 330 g/mol. The Morgan fingerprint density at radius 1 is 1.15 bits per heavy atom. The summed E-state index contributed by atoms with van der Waals surface area (Å²) in [6.45, 7) is 6.60. The van der Waals surface area contributed by atoms with Crippen LogP contribution in [0.4, 0.5) is 0 Å². The van der Waals surface area contributed by atoms with Crippen LogP contribution < -0.4 is 5.32 Å². The Morgan fingerprint density at radius 2 is 1.96 bits per heavy atom. The number of rotatable bonds is 5. The average molecular weight is 359 g/mol. The number of fused-ring (bicyclic) bond motifs is 1. The minimum atomic E-state index is -0.00486. The van der Waals surface area contributed by atoms with Gasteiger partial charge in [0.25, 0.3) is 0 Å². The molecule has 1 saturated heterocycles. The van der Waals surface area contributed by atoms with Crippen molar-refractivity contribution in [2.45, 2.75) is 65.3 Å². The van der Waals surface area contributed by atoms with Crippen molar-refractivity contribution in [1.82, 2.24) is 14.8 Å². The molecule has 142 valence electrons. The highest BCUT2D eigenvalue weighted by molar-refractivity contribution is 6.01. The second kappa shape index (κ2) is 8.06. The zero-order chi connectivity index (χ0) is 18.7. The number of carbonyl (C=O) groups is 3. The fourth-order valence-electron chi connectivity index (χ4n) is 4.10. The highest BCUT2D eigenvalue weighted by Crippen LogP contribution is 2.31. The van der Waals surface area contributed by atoms with E-state index in [4.69, 9.17) is 0 Å². The lowest BCUT2D eigenvalue weighted by Gasteiger charge is -2.20. The monoisotopic (exact) mass is 359 g/mol. The summed E-state index contributed by atoms with van der Waals surface area (Å²) in [5.74, 6) is 0.188. The highest BCUT2D eigenvalue weighted by Gasteiger charge is 2.30. The van der Waals surface area contributed by atoms with E-state index < -0.39 is 0 Å². The van der Waals surface area contributed by atoms with Gasteiger partial charge in [-0.05, 0) is 31.7 Å². The smallest absolute Gasteiger partial charge is 0.227 e. The second-order valence-corrected chi connectivity index (χ2v) is 7.33. The first-order chi connectivity index (χ1) is 12.5. The Labute approximate surface area is 154 Å². The van der Waals surface area contributed by atoms with Crippen LogP contribution in [0.15, 0.2) is 0 Å². The number of aromatic nitrogens is 1. The van der Waals surface area contributed by atoms with Crippen LogP contribution in [0.1, 0.15) is 66.3 Å². The molecule has 2 amide bonds. The zero-order valence-corrected chi connectivity index (χ0v) is 15.9. The fraction of sp³-hybridized carbons (Fsp3) is 0.650. The van der Waals surface area contributed by atoms with Crippen LogP contribution in [0.3, 0.4) is 0 Å². The van der Waals surface area contributed by atoms with E-state index in [0.29, 0.717) is 32.5 Å². The van der Waals surface area contributed by atoms with Crippen molar-refractivity contribution in [1.29, 1.82) is 0 Å². The Balaban J connectivity index is 1.86. The Kier molecular flexibility index (Phi) is 5.79. The predicted molar refractivity (Wildman–Crippen MR) is 99.3 cm³/mol. The number of nitrogens with one attached hydrogen (secondary N) is 1. The number of hydrogen-bond donors (Lipinski definition) is 1. The van der Waals surface area contributed by atoms with Crippen LogP contribution in [-0.2, 0) is 29.0 Å². The van der Waals surface area contributed by atoms with E-state index in [1.54, 1.807) is 4.90 Å². The van der Waals surface area contributed by atoms with Gasteiger partial charge in [-0.25, -0.2) is 0 Å². The molecule has 1 N–H and O–H groups in total. The lowest BCUT2D eigenvalue weighted by atomic mass is 9.92. The van der Waals surface area contributed by atoms with E-state index in [1.807, 2.05) is 6.92 Å². The van der Waals surface area contributed by atoms with Crippen LogP contribution in [0, 0.1) is 6.92 Å². The molecule has 6 nitrogen and oxygen atoms in total. The first-order valence-electron chi connectivity index (χ1n) is 9.81. The van der Waals surface area contributed by atoms with E-state index in [1.165, 1.54) is 0 Å². The minimum absolute atomic E-state index is 0.00486. The molecule has 1 aliphatic heterocycles. The number of amides is 2. The van der Waals surface area contributed by atoms with Gasteiger partial charge in [-0.1, -0.05) is 13.3 Å². The third-order valence-electron chi connectivity index (χ3n) is 5.58. The first kappa shape index (κ1) is 18.7. The molecule has 0 unspecified atom stereocenters. The van der Waals surface area contributed by atoms with Crippen molar-refractivity contribution in [3.8, 4) is 0 Å². The van der Waals surface area contributed by atoms with Crippen LogP contribution in [0.25, 0.3) is 0 Å². The number of unbranched alkanes of at least 4 members (excludes halogenated alkanes) is 1. The standard InChI is InChI=1S/C20H29N3O3/c1-3-4-10-23-14(2)15(20-16(23)6-5-7-17(20)24)13-19(26)22-11-8-18(25)21-9-12-22/h3-13H2,1-2H3,(H,21,25). The molecule has 26 heavy (non-hydrogen) atoms. The van der Waals surface area contributed by atoms with Gasteiger partial charge in [0.2, 0.25) is 11.8 Å². The van der Waals surface area contributed by atoms with E-state index in [0.717, 1.165) is 54.7 Å². The summed E-state index contributed by atoms with van der Waals surface area (Å²) in [5.41, 5.74) is 3.91. The van der Waals surface area contributed by atoms with Crippen LogP contribution >= 0.6 is 0 Å². The van der Waals surface area contributed by atoms with Gasteiger partial charge >= 0.3 is 0 Å². The molecule has 1 aromatic rings. The average Bonchev–Trinajstić information content (AvgIpc) is 2.75. The normalized spacial score (nSPS) is 17.7. The van der Waals surface area contributed by atoms with Gasteiger partial charge in [-0.15, -0.1) is 0 Å². The summed E-state index contributed by atoms with van der Waals surface area (Å²) < 4.78 is 2.27. The van der Waals surface area contributed by atoms with Crippen molar-refractivity contribution in [3.05, 3.63) is 22.5 Å². The summed E-state index contributed by atoms with van der Waals surface area (Å²) in [5, 5.41) is 2.80. The molecular formula is C20H29N3O3. The van der Waals surface area contributed by atoms with Crippen molar-refractivity contribution in [2.75, 3.05) is 19.6 Å². The van der Waals surface area contributed by atoms with Crippen LogP contribution in [0.5, 0.6) is 0 Å². The first-order valence-corrected chi connectivity index (χ1v) is 9.81. The molecule has 0 radical (unpaired) electrons. The molecule has 6 heteroatoms. The Morgan fingerprint density at radius 3 is 2.73 bits per heavy atom. The van der Waals surface area contributed by atoms with Crippen molar-refractivity contribution in [2.24, 2.45) is 0 Å². The van der Waals surface area contributed by atoms with Crippen LogP contribution in [0.2, 0.25) is 0 Å². The molecule has 1 fully saturated rings. The summed E-state index contributed by atoms with van der Waals surface area (Å²) in [6, 6.07) is 0. The molecule has 0 saturated carbocycles. The summed E-state index contributed by atoms with van der Waals surface area (Å²) in [7, 11) is 0. The van der Waals surface area contributed by atoms with Crippen molar-refractivity contribution in [3.63, 3.8) is 0 Å². The molecule has 0 aromatic carbocycles. The van der Waals surface area contributed by atoms with Gasteiger partial charge < -0.3 is 14.8 Å². The topological polar surface area (TPSA) is 71.4 Å². The van der Waals surface area contributed by atoms with Crippen molar-refractivity contribution < 1.29 is 14.4 Å². The zero-order valence-electron chi connectivity index (χ0n) is 15.9. The van der Waals surface area contributed by atoms with Gasteiger partial charge in [0.05, 0.1) is 6.42 Å². The molecule has 1 aromatic heterocycles. The quantitative estimate of drug-likeness (QED) is 0.874. The Hall–Kier alpha value is -2.11. The van der Waals surface area contributed by atoms with Gasteiger partial charge in [0, 0.05) is 56.0 Å². The largest absolute Gasteiger partial charge is 0.354 e. The van der Waals surface area contributed by atoms with E-state index >= 15 is 0 Å². The summed E-state index contributed by atoms with van der Waals surface area (Å²) in [4.78, 5) is 38.7. The number of nitrogens with zero attached hydrogens (tertiary/aromatic N) is 2. The lowest BCUT2D eigenvalue weighted by molar-refractivity contribution is -0.130. The van der Waals surface area contributed by atoms with Gasteiger partial charge in [0.15, 0.2) is 5.78 Å². The number of carbonyl (C=O) groups excluding carboxylic acids is 3. The van der Waals surface area contributed by atoms with Gasteiger partial charge in [0.1, 0.15) is 0 Å². The van der Waals surface area contributed by atoms with E-state index in [9.17, 15) is 14.4 Å². The fourth-order valence-corrected chi connectivity index (χ4v) is 4.10. The Bertz CT molecular complexity index is 720. The molecule has 2 heterocycles. The second-order valence-electron chi connectivity index (χ2n) is 7.33. The summed E-state index contributed by atoms with van der Waals surface area (Å²) in [6.07, 6.45) is 5.17. The molecule has 0 bridgehead atoms. The molecule has 3 rings (SSSR count). The van der Waals surface area contributed by atoms with E-state index in [-0.39, 0.29) is 24.0 Å². The van der Waals surface area contributed by atoms with Gasteiger partial charge in [-0.2, -0.15) is 0 Å². The molecule has 0 spiro atoms. The maximum absolute atomic E-state index is 12.9. The minimum Gasteiger partial charge on any atom is -0.354 e. The van der Waals surface area contributed by atoms with Crippen molar-refractivity contribution >= 4 is 17.6 Å². The lowest BCUT2D eigenvalue weighted by Crippen LogP contribution is -2.35. The third-order valence-corrected chi connectivity index (χ3v) is 5.58. The number of hydrogen-bond acceptors (Lipinski definition) is 3. The SMILES string of the molecule is CCCCn1c(C)c(CC(=O)N2CCNC(=O)CC2)c2c1CCCC2=O. The molecule has 1 aliphatic carbocycles. The van der Waals surface area contributed by atoms with E-state index in [2.05, 4.69) is 16.8 Å². The highest BCUT2D eigenvalue weighted by atomic mass is 16.2. The van der Waals surface area contributed by atoms with Gasteiger partial charge in [-0.3, -0.25) is 14.4 Å². The number of ketones is 1. The number of Topliss-reactive ketones (excluding diaryl/α,β-unsaturated/α-hetero) is 1. The maximum atomic E-state index is 12.9. The molecule has 0 atom stereocenters.